The number of nitrogens with zero attached hydrogens (tertiary/aromatic N) is 2. The van der Waals surface area contributed by atoms with E-state index in [1.807, 2.05) is 65.6 Å². The number of aromatic nitrogens is 1. The normalized spacial score (nSPS) is 16.9. The first-order chi connectivity index (χ1) is 18.4. The summed E-state index contributed by atoms with van der Waals surface area (Å²) in [6.07, 6.45) is 1.75. The standard InChI is InChI=1S/C27H22Cl2N4O3S2/c1-35-15-23(34)31-20-10-7-17(14-19(20)29)33-26(25(32-27(33)37)21-4-2-3-13-30-21)22-11-12-24(36-22)38-18-8-5-16(28)6-9-18/h2-14,25-26H,15H2,1H3,(H,31,34)(H,32,37)/t25-,26-/m1/s1. The number of thiocarbonyl (C=S) groups is 1. The first-order valence-corrected chi connectivity index (χ1v) is 13.5. The minimum absolute atomic E-state index is 0.0686. The second-order valence-electron chi connectivity index (χ2n) is 8.35. The summed E-state index contributed by atoms with van der Waals surface area (Å²) in [4.78, 5) is 19.5. The number of benzene rings is 2. The van der Waals surface area contributed by atoms with E-state index in [0.717, 1.165) is 21.4 Å². The minimum atomic E-state index is -0.345. The van der Waals surface area contributed by atoms with E-state index < -0.39 is 0 Å². The van der Waals surface area contributed by atoms with Gasteiger partial charge in [0.1, 0.15) is 18.4 Å². The SMILES string of the molecule is COCC(=O)Nc1ccc(N2C(=S)N[C@H](c3ccccn3)[C@H]2c2ccc(Sc3ccc(Cl)cc3)o2)cc1Cl. The van der Waals surface area contributed by atoms with Crippen LogP contribution in [0.25, 0.3) is 0 Å². The third-order valence-corrected chi connectivity index (χ3v) is 7.61. The van der Waals surface area contributed by atoms with Crippen molar-refractivity contribution in [1.29, 1.82) is 0 Å². The van der Waals surface area contributed by atoms with Crippen molar-refractivity contribution in [3.8, 4) is 0 Å². The molecule has 5 rings (SSSR count). The number of pyridine rings is 1. The second-order valence-corrected chi connectivity index (χ2v) is 10.7. The van der Waals surface area contributed by atoms with Crippen LogP contribution in [0.3, 0.4) is 0 Å². The van der Waals surface area contributed by atoms with Crippen LogP contribution in [-0.2, 0) is 9.53 Å². The van der Waals surface area contributed by atoms with Crippen LogP contribution in [-0.4, -0.2) is 29.7 Å². The molecule has 0 radical (unpaired) electrons. The molecular weight excluding hydrogens is 563 g/mol. The number of furan rings is 1. The summed E-state index contributed by atoms with van der Waals surface area (Å²) in [5.74, 6) is 0.410. The van der Waals surface area contributed by atoms with Crippen LogP contribution >= 0.6 is 47.2 Å². The van der Waals surface area contributed by atoms with Gasteiger partial charge in [0.25, 0.3) is 0 Å². The molecule has 0 bridgehead atoms. The highest BCUT2D eigenvalue weighted by molar-refractivity contribution is 7.99. The molecule has 0 saturated carbocycles. The highest BCUT2D eigenvalue weighted by atomic mass is 35.5. The van der Waals surface area contributed by atoms with Crippen molar-refractivity contribution in [1.82, 2.24) is 10.3 Å². The van der Waals surface area contributed by atoms with E-state index in [9.17, 15) is 4.79 Å². The number of carbonyl (C=O) groups is 1. The Bertz CT molecular complexity index is 1450. The lowest BCUT2D eigenvalue weighted by Gasteiger charge is -2.26. The third-order valence-electron chi connectivity index (χ3n) is 5.80. The van der Waals surface area contributed by atoms with E-state index >= 15 is 0 Å². The molecule has 194 valence electrons. The molecule has 1 amide bonds. The van der Waals surface area contributed by atoms with Crippen molar-refractivity contribution in [2.45, 2.75) is 22.1 Å². The van der Waals surface area contributed by atoms with Crippen molar-refractivity contribution in [2.24, 2.45) is 0 Å². The molecule has 4 aromatic rings. The molecule has 1 aliphatic heterocycles. The lowest BCUT2D eigenvalue weighted by molar-refractivity contribution is -0.119. The van der Waals surface area contributed by atoms with Crippen LogP contribution in [0.15, 0.2) is 93.4 Å². The summed E-state index contributed by atoms with van der Waals surface area (Å²) in [6.45, 7) is -0.0686. The van der Waals surface area contributed by atoms with Crippen molar-refractivity contribution >= 4 is 69.6 Å². The molecule has 1 fully saturated rings. The molecule has 0 aliphatic carbocycles. The monoisotopic (exact) mass is 584 g/mol. The molecule has 2 aromatic heterocycles. The molecule has 1 saturated heterocycles. The van der Waals surface area contributed by atoms with Gasteiger partial charge < -0.3 is 24.7 Å². The maximum absolute atomic E-state index is 12.0. The summed E-state index contributed by atoms with van der Waals surface area (Å²) < 4.78 is 11.2. The average Bonchev–Trinajstić information content (AvgIpc) is 3.51. The summed E-state index contributed by atoms with van der Waals surface area (Å²) in [5.41, 5.74) is 2.04. The molecule has 2 N–H and O–H groups in total. The van der Waals surface area contributed by atoms with E-state index in [-0.39, 0.29) is 24.6 Å². The Morgan fingerprint density at radius 1 is 1.16 bits per heavy atom. The summed E-state index contributed by atoms with van der Waals surface area (Å²) in [7, 11) is 1.46. The Morgan fingerprint density at radius 2 is 1.97 bits per heavy atom. The van der Waals surface area contributed by atoms with Crippen LogP contribution in [0, 0.1) is 0 Å². The van der Waals surface area contributed by atoms with Crippen LogP contribution in [0.5, 0.6) is 0 Å². The number of methoxy groups -OCH3 is 1. The Hall–Kier alpha value is -3.08. The van der Waals surface area contributed by atoms with Gasteiger partial charge in [-0.25, -0.2) is 0 Å². The van der Waals surface area contributed by atoms with E-state index in [0.29, 0.717) is 26.6 Å². The topological polar surface area (TPSA) is 79.6 Å². The number of carbonyl (C=O) groups excluding carboxylic acids is 1. The summed E-state index contributed by atoms with van der Waals surface area (Å²) >= 11 is 19.9. The van der Waals surface area contributed by atoms with Gasteiger partial charge in [-0.15, -0.1) is 0 Å². The van der Waals surface area contributed by atoms with Crippen LogP contribution in [0.1, 0.15) is 23.5 Å². The predicted molar refractivity (Wildman–Crippen MR) is 154 cm³/mol. The van der Waals surface area contributed by atoms with E-state index in [1.54, 1.807) is 18.3 Å². The Labute approximate surface area is 239 Å². The van der Waals surface area contributed by atoms with Gasteiger partial charge in [-0.1, -0.05) is 41.0 Å². The maximum atomic E-state index is 12.0. The number of amides is 1. The molecule has 0 spiro atoms. The van der Waals surface area contributed by atoms with E-state index in [4.69, 9.17) is 44.6 Å². The zero-order valence-electron chi connectivity index (χ0n) is 20.1. The summed E-state index contributed by atoms with van der Waals surface area (Å²) in [5, 5.41) is 8.42. The molecule has 38 heavy (non-hydrogen) atoms. The van der Waals surface area contributed by atoms with Gasteiger partial charge in [0.2, 0.25) is 5.91 Å². The van der Waals surface area contributed by atoms with Crippen molar-refractivity contribution < 1.29 is 13.9 Å². The number of halogens is 2. The van der Waals surface area contributed by atoms with Crippen molar-refractivity contribution in [3.63, 3.8) is 0 Å². The first kappa shape index (κ1) is 26.5. The molecule has 2 aromatic carbocycles. The molecule has 7 nitrogen and oxygen atoms in total. The Balaban J connectivity index is 1.48. The molecular formula is C27H22Cl2N4O3S2. The molecule has 0 unspecified atom stereocenters. The number of anilines is 2. The highest BCUT2D eigenvalue weighted by Gasteiger charge is 2.42. The smallest absolute Gasteiger partial charge is 0.250 e. The van der Waals surface area contributed by atoms with Crippen LogP contribution in [0.4, 0.5) is 11.4 Å². The van der Waals surface area contributed by atoms with Crippen molar-refractivity contribution in [2.75, 3.05) is 23.9 Å². The van der Waals surface area contributed by atoms with Gasteiger partial charge in [-0.3, -0.25) is 9.78 Å². The summed E-state index contributed by atoms with van der Waals surface area (Å²) in [6, 6.07) is 21.9. The average molecular weight is 586 g/mol. The quantitative estimate of drug-likeness (QED) is 0.217. The number of nitrogens with one attached hydrogen (secondary N) is 2. The fraction of sp³-hybridized carbons (Fsp3) is 0.148. The fourth-order valence-corrected chi connectivity index (χ4v) is 5.63. The lowest BCUT2D eigenvalue weighted by Crippen LogP contribution is -2.29. The molecule has 2 atom stereocenters. The number of hydrogen-bond donors (Lipinski definition) is 2. The Kier molecular flexibility index (Phi) is 8.21. The zero-order chi connectivity index (χ0) is 26.6. The number of hydrogen-bond acceptors (Lipinski definition) is 6. The molecule has 3 heterocycles. The minimum Gasteiger partial charge on any atom is -0.452 e. The zero-order valence-corrected chi connectivity index (χ0v) is 23.2. The molecule has 1 aliphatic rings. The number of rotatable bonds is 8. The predicted octanol–water partition coefficient (Wildman–Crippen LogP) is 6.89. The largest absolute Gasteiger partial charge is 0.452 e. The van der Waals surface area contributed by atoms with Crippen LogP contribution < -0.4 is 15.5 Å². The second kappa shape index (κ2) is 11.8. The number of ether oxygens (including phenoxy) is 1. The first-order valence-electron chi connectivity index (χ1n) is 11.5. The maximum Gasteiger partial charge on any atom is 0.250 e. The van der Waals surface area contributed by atoms with Gasteiger partial charge in [0.15, 0.2) is 10.2 Å². The lowest BCUT2D eigenvalue weighted by atomic mass is 10.0. The van der Waals surface area contributed by atoms with Gasteiger partial charge in [0.05, 0.1) is 22.4 Å². The van der Waals surface area contributed by atoms with Crippen molar-refractivity contribution in [3.05, 3.63) is 100 Å². The fourth-order valence-electron chi connectivity index (χ4n) is 4.16. The third kappa shape index (κ3) is 5.82. The van der Waals surface area contributed by atoms with E-state index in [1.165, 1.54) is 18.9 Å². The van der Waals surface area contributed by atoms with Crippen LogP contribution in [0.2, 0.25) is 10.0 Å². The highest BCUT2D eigenvalue weighted by Crippen LogP contribution is 2.44. The van der Waals surface area contributed by atoms with E-state index in [2.05, 4.69) is 15.6 Å². The van der Waals surface area contributed by atoms with Gasteiger partial charge in [-0.05, 0) is 78.9 Å². The Morgan fingerprint density at radius 3 is 2.68 bits per heavy atom. The molecule has 11 heteroatoms. The van der Waals surface area contributed by atoms with Gasteiger partial charge in [-0.2, -0.15) is 0 Å². The van der Waals surface area contributed by atoms with Gasteiger partial charge in [0, 0.05) is 28.9 Å². The van der Waals surface area contributed by atoms with Gasteiger partial charge >= 0.3 is 0 Å².